The van der Waals surface area contributed by atoms with Crippen LogP contribution in [0.3, 0.4) is 0 Å². The molecule has 1 aliphatic carbocycles. The number of methoxy groups -OCH3 is 1. The van der Waals surface area contributed by atoms with E-state index in [4.69, 9.17) is 14.2 Å². The maximum atomic E-state index is 12.1. The number of carbonyl (C=O) groups is 1. The largest absolute Gasteiger partial charge is 0.486 e. The summed E-state index contributed by atoms with van der Waals surface area (Å²) in [5.41, 5.74) is 1.61. The van der Waals surface area contributed by atoms with Gasteiger partial charge in [-0.3, -0.25) is 4.79 Å². The average molecular weight is 262 g/mol. The smallest absolute Gasteiger partial charge is 0.316 e. The molecule has 3 rings (SSSR count). The number of hydrogen-bond acceptors (Lipinski definition) is 4. The summed E-state index contributed by atoms with van der Waals surface area (Å²) in [6.45, 7) is 3.14. The van der Waals surface area contributed by atoms with Gasteiger partial charge < -0.3 is 14.2 Å². The lowest BCUT2D eigenvalue weighted by molar-refractivity contribution is -0.151. The lowest BCUT2D eigenvalue weighted by Gasteiger charge is -2.40. The van der Waals surface area contributed by atoms with Crippen molar-refractivity contribution in [3.05, 3.63) is 23.3 Å². The number of fused-ring (bicyclic) bond motifs is 1. The summed E-state index contributed by atoms with van der Waals surface area (Å²) in [5, 5.41) is 0. The lowest BCUT2D eigenvalue weighted by atomic mass is 9.63. The maximum Gasteiger partial charge on any atom is 0.316 e. The van der Waals surface area contributed by atoms with Crippen molar-refractivity contribution in [2.45, 2.75) is 31.6 Å². The van der Waals surface area contributed by atoms with Crippen molar-refractivity contribution in [2.75, 3.05) is 20.3 Å². The van der Waals surface area contributed by atoms with Crippen LogP contribution >= 0.6 is 0 Å². The molecule has 0 N–H and O–H groups in total. The van der Waals surface area contributed by atoms with E-state index in [9.17, 15) is 4.79 Å². The summed E-state index contributed by atoms with van der Waals surface area (Å²) in [6.07, 6.45) is 2.75. The minimum atomic E-state index is -0.478. The number of ether oxygens (including phenoxy) is 3. The number of hydrogen-bond donors (Lipinski definition) is 0. The molecular formula is C15H18O4. The van der Waals surface area contributed by atoms with E-state index in [1.807, 2.05) is 19.1 Å². The van der Waals surface area contributed by atoms with Crippen molar-refractivity contribution in [1.29, 1.82) is 0 Å². The van der Waals surface area contributed by atoms with E-state index in [-0.39, 0.29) is 5.97 Å². The van der Waals surface area contributed by atoms with E-state index in [1.54, 1.807) is 0 Å². The summed E-state index contributed by atoms with van der Waals surface area (Å²) in [7, 11) is 1.45. The van der Waals surface area contributed by atoms with Crippen molar-refractivity contribution < 1.29 is 19.0 Å². The van der Waals surface area contributed by atoms with Crippen LogP contribution in [-0.4, -0.2) is 26.3 Å². The van der Waals surface area contributed by atoms with Crippen LogP contribution in [0.15, 0.2) is 12.1 Å². The van der Waals surface area contributed by atoms with E-state index in [1.165, 1.54) is 7.11 Å². The zero-order valence-corrected chi connectivity index (χ0v) is 11.3. The Balaban J connectivity index is 2.06. The Bertz CT molecular complexity index is 517. The van der Waals surface area contributed by atoms with Gasteiger partial charge in [-0.2, -0.15) is 0 Å². The van der Waals surface area contributed by atoms with Crippen molar-refractivity contribution in [3.8, 4) is 11.5 Å². The van der Waals surface area contributed by atoms with Gasteiger partial charge in [0.2, 0.25) is 0 Å². The third kappa shape index (κ3) is 1.78. The van der Waals surface area contributed by atoms with Crippen molar-refractivity contribution >= 4 is 5.97 Å². The minimum absolute atomic E-state index is 0.140. The normalized spacial score (nSPS) is 19.5. The Morgan fingerprint density at radius 3 is 2.37 bits per heavy atom. The van der Waals surface area contributed by atoms with Gasteiger partial charge in [-0.05, 0) is 43.0 Å². The first-order valence-electron chi connectivity index (χ1n) is 6.66. The van der Waals surface area contributed by atoms with E-state index in [2.05, 4.69) is 0 Å². The first-order chi connectivity index (χ1) is 9.17. The first kappa shape index (κ1) is 12.3. The van der Waals surface area contributed by atoms with Gasteiger partial charge in [0.25, 0.3) is 0 Å². The zero-order chi connectivity index (χ0) is 13.5. The van der Waals surface area contributed by atoms with Gasteiger partial charge in [0, 0.05) is 0 Å². The second-order valence-corrected chi connectivity index (χ2v) is 5.24. The fourth-order valence-electron chi connectivity index (χ4n) is 3.02. The summed E-state index contributed by atoms with van der Waals surface area (Å²) in [4.78, 5) is 12.1. The number of rotatable bonds is 2. The topological polar surface area (TPSA) is 44.8 Å². The first-order valence-corrected chi connectivity index (χ1v) is 6.66. The molecule has 1 aromatic rings. The second kappa shape index (κ2) is 4.44. The molecule has 0 spiro atoms. The van der Waals surface area contributed by atoms with E-state index in [0.717, 1.165) is 41.9 Å². The molecule has 19 heavy (non-hydrogen) atoms. The number of carbonyl (C=O) groups excluding carboxylic acids is 1. The predicted molar refractivity (Wildman–Crippen MR) is 69.7 cm³/mol. The maximum absolute atomic E-state index is 12.1. The van der Waals surface area contributed by atoms with Gasteiger partial charge in [-0.1, -0.05) is 6.42 Å². The van der Waals surface area contributed by atoms with Gasteiger partial charge in [0.1, 0.15) is 13.2 Å². The summed E-state index contributed by atoms with van der Waals surface area (Å²) in [5.74, 6) is 1.37. The lowest BCUT2D eigenvalue weighted by Crippen LogP contribution is -2.43. The molecule has 1 heterocycles. The van der Waals surface area contributed by atoms with Crippen LogP contribution < -0.4 is 9.47 Å². The van der Waals surface area contributed by atoms with E-state index in [0.29, 0.717) is 13.2 Å². The molecule has 1 aromatic carbocycles. The van der Waals surface area contributed by atoms with Crippen LogP contribution in [0, 0.1) is 6.92 Å². The highest BCUT2D eigenvalue weighted by Gasteiger charge is 2.48. The molecule has 4 heteroatoms. The Labute approximate surface area is 112 Å². The minimum Gasteiger partial charge on any atom is -0.486 e. The van der Waals surface area contributed by atoms with Crippen LogP contribution in [0.4, 0.5) is 0 Å². The molecule has 1 saturated carbocycles. The quantitative estimate of drug-likeness (QED) is 0.767. The predicted octanol–water partition coefficient (Wildman–Crippen LogP) is 2.36. The molecule has 0 unspecified atom stereocenters. The van der Waals surface area contributed by atoms with Crippen LogP contribution in [0.5, 0.6) is 11.5 Å². The zero-order valence-electron chi connectivity index (χ0n) is 11.3. The highest BCUT2D eigenvalue weighted by molar-refractivity contribution is 5.85. The van der Waals surface area contributed by atoms with Crippen LogP contribution in [0.25, 0.3) is 0 Å². The molecule has 102 valence electrons. The Morgan fingerprint density at radius 2 is 1.84 bits per heavy atom. The molecule has 2 aliphatic rings. The third-order valence-corrected chi connectivity index (χ3v) is 4.19. The molecular weight excluding hydrogens is 244 g/mol. The molecule has 0 atom stereocenters. The summed E-state index contributed by atoms with van der Waals surface area (Å²) >= 11 is 0. The highest BCUT2D eigenvalue weighted by Crippen LogP contribution is 2.48. The average Bonchev–Trinajstić information content (AvgIpc) is 2.37. The molecule has 1 fully saturated rings. The molecule has 1 aliphatic heterocycles. The Kier molecular flexibility index (Phi) is 2.88. The van der Waals surface area contributed by atoms with Crippen molar-refractivity contribution in [3.63, 3.8) is 0 Å². The van der Waals surface area contributed by atoms with Gasteiger partial charge in [0.15, 0.2) is 11.5 Å². The standard InChI is InChI=1S/C15H18O4/c1-10-8-12-13(19-7-6-18-12)9-11(10)15(4-3-5-15)14(16)17-2/h8-9H,3-7H2,1-2H3. The van der Waals surface area contributed by atoms with Gasteiger partial charge in [-0.15, -0.1) is 0 Å². The molecule has 0 saturated heterocycles. The number of aryl methyl sites for hydroxylation is 1. The molecule has 0 amide bonds. The monoisotopic (exact) mass is 262 g/mol. The molecule has 0 aromatic heterocycles. The van der Waals surface area contributed by atoms with Crippen LogP contribution in [-0.2, 0) is 14.9 Å². The Morgan fingerprint density at radius 1 is 1.21 bits per heavy atom. The fourth-order valence-corrected chi connectivity index (χ4v) is 3.02. The van der Waals surface area contributed by atoms with Gasteiger partial charge in [0.05, 0.1) is 12.5 Å². The Hall–Kier alpha value is -1.71. The van der Waals surface area contributed by atoms with Gasteiger partial charge in [-0.25, -0.2) is 0 Å². The second-order valence-electron chi connectivity index (χ2n) is 5.24. The highest BCUT2D eigenvalue weighted by atomic mass is 16.6. The summed E-state index contributed by atoms with van der Waals surface area (Å²) in [6, 6.07) is 3.92. The van der Waals surface area contributed by atoms with Crippen molar-refractivity contribution in [1.82, 2.24) is 0 Å². The fraction of sp³-hybridized carbons (Fsp3) is 0.533. The molecule has 4 nitrogen and oxygen atoms in total. The van der Waals surface area contributed by atoms with Gasteiger partial charge >= 0.3 is 5.97 Å². The van der Waals surface area contributed by atoms with Crippen LogP contribution in [0.2, 0.25) is 0 Å². The van der Waals surface area contributed by atoms with E-state index < -0.39 is 5.41 Å². The molecule has 0 radical (unpaired) electrons. The van der Waals surface area contributed by atoms with Crippen molar-refractivity contribution in [2.24, 2.45) is 0 Å². The SMILES string of the molecule is COC(=O)C1(c2cc3c(cc2C)OCCO3)CCC1. The number of esters is 1. The number of benzene rings is 1. The van der Waals surface area contributed by atoms with Crippen LogP contribution in [0.1, 0.15) is 30.4 Å². The van der Waals surface area contributed by atoms with E-state index >= 15 is 0 Å². The molecule has 0 bridgehead atoms. The summed E-state index contributed by atoms with van der Waals surface area (Å²) < 4.78 is 16.2. The third-order valence-electron chi connectivity index (χ3n) is 4.19.